The van der Waals surface area contributed by atoms with Crippen LogP contribution in [0.15, 0.2) is 36.7 Å². The fourth-order valence-electron chi connectivity index (χ4n) is 6.90. The van der Waals surface area contributed by atoms with Gasteiger partial charge in [0.2, 0.25) is 0 Å². The maximum Gasteiger partial charge on any atom is 0.0839 e. The third-order valence-electron chi connectivity index (χ3n) is 9.95. The summed E-state index contributed by atoms with van der Waals surface area (Å²) in [4.78, 5) is 0. The van der Waals surface area contributed by atoms with E-state index in [4.69, 9.17) is 0 Å². The third-order valence-corrected chi connectivity index (χ3v) is 9.95. The molecule has 0 saturated heterocycles. The largest absolute Gasteiger partial charge is 0.310 e. The molecule has 0 fully saturated rings. The Morgan fingerprint density at radius 2 is 0.796 bits per heavy atom. The monoisotopic (exact) mass is 680 g/mol. The van der Waals surface area contributed by atoms with Gasteiger partial charge in [-0.2, -0.15) is 0 Å². The second kappa shape index (κ2) is 32.9. The van der Waals surface area contributed by atoms with Crippen LogP contribution in [0.25, 0.3) is 0 Å². The first-order valence-corrected chi connectivity index (χ1v) is 21.1. The van der Waals surface area contributed by atoms with E-state index in [1.807, 2.05) is 12.4 Å². The maximum atomic E-state index is 4.32. The summed E-state index contributed by atoms with van der Waals surface area (Å²) in [6.07, 6.45) is 52.6. The van der Waals surface area contributed by atoms with Crippen LogP contribution in [0, 0.1) is 0 Å². The summed E-state index contributed by atoms with van der Waals surface area (Å²) in [6, 6.07) is 0.796. The zero-order valence-electron chi connectivity index (χ0n) is 32.1. The number of nitrogens with zero attached hydrogens (tertiary/aromatic N) is 4. The molecule has 2 aromatic rings. The van der Waals surface area contributed by atoms with Crippen LogP contribution in [-0.2, 0) is 12.8 Å². The Kier molecular flexibility index (Phi) is 28.8. The molecular weight excluding hydrogens is 603 g/mol. The first-order valence-electron chi connectivity index (χ1n) is 21.1. The van der Waals surface area contributed by atoms with E-state index in [1.165, 1.54) is 180 Å². The van der Waals surface area contributed by atoms with E-state index in [2.05, 4.69) is 74.3 Å². The second-order valence-corrected chi connectivity index (χ2v) is 14.6. The highest BCUT2D eigenvalue weighted by atomic mass is 15.3. The highest BCUT2D eigenvalue weighted by molar-refractivity contribution is 4.98. The van der Waals surface area contributed by atoms with Gasteiger partial charge in [-0.15, -0.1) is 10.2 Å². The van der Waals surface area contributed by atoms with Crippen LogP contribution in [0.1, 0.15) is 205 Å². The highest BCUT2D eigenvalue weighted by Gasteiger charge is 2.18. The molecule has 0 aliphatic heterocycles. The van der Waals surface area contributed by atoms with E-state index >= 15 is 0 Å². The lowest BCUT2D eigenvalue weighted by Gasteiger charge is -2.25. The van der Waals surface area contributed by atoms with Crippen molar-refractivity contribution >= 4 is 0 Å². The quantitative estimate of drug-likeness (QED) is 0.0492. The Labute approximate surface area is 302 Å². The number of nitrogens with one attached hydrogen (secondary N) is 3. The lowest BCUT2D eigenvalue weighted by molar-refractivity contribution is 0.362. The van der Waals surface area contributed by atoms with Crippen molar-refractivity contribution in [3.8, 4) is 0 Å². The number of rotatable bonds is 36. The number of H-pyrrole nitrogens is 2. The van der Waals surface area contributed by atoms with Crippen LogP contribution in [0.5, 0.6) is 0 Å². The lowest BCUT2D eigenvalue weighted by Crippen LogP contribution is -2.41. The Balaban J connectivity index is 1.63. The first kappa shape index (κ1) is 42.9. The smallest absolute Gasteiger partial charge is 0.0839 e. The van der Waals surface area contributed by atoms with Crippen LogP contribution in [0.3, 0.4) is 0 Å². The average molecular weight is 680 g/mol. The average Bonchev–Trinajstić information content (AvgIpc) is 3.83. The van der Waals surface area contributed by atoms with Crippen molar-refractivity contribution in [1.29, 1.82) is 0 Å². The Hall–Kier alpha value is -2.28. The molecule has 0 bridgehead atoms. The van der Waals surface area contributed by atoms with E-state index < -0.39 is 0 Å². The standard InChI is InChI=1S/C42H77N7/c1-3-5-7-9-11-13-15-17-19-21-23-25-27-29-31-33-39(35-41-37-43-48-46-41)45-40(36-42-38-44-49-47-42)34-32-30-28-26-24-22-20-18-16-14-12-10-8-6-4-2/h17-20,37-40,45H,3-16,21-36H2,1-2H3,(H,43,46,48)(H,44,47,49)/b19-17-,20-18-. The lowest BCUT2D eigenvalue weighted by atomic mass is 9.97. The Morgan fingerprint density at radius 1 is 0.469 bits per heavy atom. The fourth-order valence-corrected chi connectivity index (χ4v) is 6.90. The van der Waals surface area contributed by atoms with E-state index in [0.29, 0.717) is 12.1 Å². The summed E-state index contributed by atoms with van der Waals surface area (Å²) in [5, 5.41) is 26.5. The molecule has 0 radical (unpaired) electrons. The number of aromatic amines is 2. The van der Waals surface area contributed by atoms with Gasteiger partial charge < -0.3 is 5.32 Å². The van der Waals surface area contributed by atoms with Crippen molar-refractivity contribution in [2.45, 2.75) is 219 Å². The number of hydrogen-bond donors (Lipinski definition) is 3. The van der Waals surface area contributed by atoms with Gasteiger partial charge in [0.25, 0.3) is 0 Å². The summed E-state index contributed by atoms with van der Waals surface area (Å²) < 4.78 is 0. The molecule has 0 amide bonds. The van der Waals surface area contributed by atoms with Crippen LogP contribution in [-0.4, -0.2) is 42.9 Å². The second-order valence-electron chi connectivity index (χ2n) is 14.6. The minimum Gasteiger partial charge on any atom is -0.310 e. The molecule has 2 atom stereocenters. The van der Waals surface area contributed by atoms with Crippen LogP contribution in [0.4, 0.5) is 0 Å². The van der Waals surface area contributed by atoms with E-state index in [1.54, 1.807) is 0 Å². The summed E-state index contributed by atoms with van der Waals surface area (Å²) >= 11 is 0. The molecule has 0 saturated carbocycles. The van der Waals surface area contributed by atoms with Crippen molar-refractivity contribution in [2.75, 3.05) is 0 Å². The van der Waals surface area contributed by atoms with Crippen molar-refractivity contribution < 1.29 is 0 Å². The predicted octanol–water partition coefficient (Wildman–Crippen LogP) is 12.1. The van der Waals surface area contributed by atoms with E-state index in [-0.39, 0.29) is 0 Å². The molecule has 2 aromatic heterocycles. The molecule has 7 nitrogen and oxygen atoms in total. The molecule has 3 N–H and O–H groups in total. The molecule has 7 heteroatoms. The molecular formula is C42H77N7. The van der Waals surface area contributed by atoms with Crippen LogP contribution < -0.4 is 5.32 Å². The minimum atomic E-state index is 0.398. The van der Waals surface area contributed by atoms with Gasteiger partial charge in [0.1, 0.15) is 0 Å². The number of allylic oxidation sites excluding steroid dienone is 4. The number of hydrogen-bond acceptors (Lipinski definition) is 5. The van der Waals surface area contributed by atoms with Crippen molar-refractivity contribution in [2.24, 2.45) is 0 Å². The third kappa shape index (κ3) is 26.2. The Bertz CT molecular complexity index is 891. The molecule has 0 aliphatic carbocycles. The van der Waals surface area contributed by atoms with Crippen LogP contribution >= 0.6 is 0 Å². The van der Waals surface area contributed by atoms with Gasteiger partial charge >= 0.3 is 0 Å². The SMILES string of the molecule is CCCCCCCC/C=C\CCCCCCCC(Cc1c[nH]nn1)NC(CCCCCCC/C=C\CCCCCCCC)Cc1c[nH]nn1. The van der Waals surface area contributed by atoms with Gasteiger partial charge in [-0.3, -0.25) is 10.2 Å². The predicted molar refractivity (Wildman–Crippen MR) is 210 cm³/mol. The van der Waals surface area contributed by atoms with Gasteiger partial charge in [0, 0.05) is 37.3 Å². The summed E-state index contributed by atoms with van der Waals surface area (Å²) in [5.74, 6) is 0. The van der Waals surface area contributed by atoms with E-state index in [0.717, 1.165) is 24.2 Å². The minimum absolute atomic E-state index is 0.398. The summed E-state index contributed by atoms with van der Waals surface area (Å²) in [6.45, 7) is 4.58. The zero-order valence-corrected chi connectivity index (χ0v) is 32.1. The first-order chi connectivity index (χ1) is 24.3. The van der Waals surface area contributed by atoms with Crippen LogP contribution in [0.2, 0.25) is 0 Å². The maximum absolute atomic E-state index is 4.32. The van der Waals surface area contributed by atoms with Gasteiger partial charge in [0.05, 0.1) is 11.4 Å². The highest BCUT2D eigenvalue weighted by Crippen LogP contribution is 2.17. The fraction of sp³-hybridized carbons (Fsp3) is 0.810. The van der Waals surface area contributed by atoms with Gasteiger partial charge in [-0.1, -0.05) is 164 Å². The molecule has 280 valence electrons. The molecule has 2 unspecified atom stereocenters. The summed E-state index contributed by atoms with van der Waals surface area (Å²) in [7, 11) is 0. The van der Waals surface area contributed by atoms with Gasteiger partial charge in [-0.25, -0.2) is 0 Å². The normalized spacial score (nSPS) is 13.3. The molecule has 2 heterocycles. The Morgan fingerprint density at radius 3 is 1.12 bits per heavy atom. The molecule has 0 aromatic carbocycles. The van der Waals surface area contributed by atoms with Gasteiger partial charge in [-0.05, 0) is 64.2 Å². The number of unbranched alkanes of at least 4 members (excludes halogenated alkanes) is 22. The molecule has 0 spiro atoms. The van der Waals surface area contributed by atoms with Crippen molar-refractivity contribution in [1.82, 2.24) is 36.1 Å². The molecule has 0 aliphatic rings. The molecule has 2 rings (SSSR count). The van der Waals surface area contributed by atoms with Gasteiger partial charge in [0.15, 0.2) is 0 Å². The van der Waals surface area contributed by atoms with Crippen molar-refractivity contribution in [3.63, 3.8) is 0 Å². The van der Waals surface area contributed by atoms with E-state index in [9.17, 15) is 0 Å². The van der Waals surface area contributed by atoms with Crippen molar-refractivity contribution in [3.05, 3.63) is 48.1 Å². The number of aromatic nitrogens is 6. The summed E-state index contributed by atoms with van der Waals surface area (Å²) in [5.41, 5.74) is 2.10. The topological polar surface area (TPSA) is 95.2 Å². The molecule has 49 heavy (non-hydrogen) atoms. The zero-order chi connectivity index (χ0) is 34.7.